The van der Waals surface area contributed by atoms with Crippen LogP contribution in [0.2, 0.25) is 0 Å². The molecule has 0 bridgehead atoms. The molecule has 0 fully saturated rings. The molecule has 3 rings (SSSR count). The fourth-order valence-electron chi connectivity index (χ4n) is 2.70. The highest BCUT2D eigenvalue weighted by atomic mass is 19.4. The number of rotatable bonds is 3. The SMILES string of the molecule is N#Cc1c(C(=O)O)n(Cc2cccc(C(F)(F)F)c2)c2cccnc12. The van der Waals surface area contributed by atoms with Crippen LogP contribution in [0.15, 0.2) is 42.6 Å². The fourth-order valence-corrected chi connectivity index (χ4v) is 2.70. The molecule has 2 aromatic heterocycles. The lowest BCUT2D eigenvalue weighted by atomic mass is 10.1. The molecule has 1 aromatic carbocycles. The van der Waals surface area contributed by atoms with Crippen molar-refractivity contribution >= 4 is 17.0 Å². The molecule has 126 valence electrons. The molecular weight excluding hydrogens is 335 g/mol. The number of alkyl halides is 3. The van der Waals surface area contributed by atoms with E-state index >= 15 is 0 Å². The number of aromatic carboxylic acids is 1. The van der Waals surface area contributed by atoms with Crippen LogP contribution in [0.1, 0.15) is 27.2 Å². The molecule has 0 aliphatic heterocycles. The molecule has 0 saturated heterocycles. The van der Waals surface area contributed by atoms with Crippen LogP contribution in [0.3, 0.4) is 0 Å². The van der Waals surface area contributed by atoms with Gasteiger partial charge in [0.05, 0.1) is 11.1 Å². The van der Waals surface area contributed by atoms with E-state index < -0.39 is 17.7 Å². The first-order valence-electron chi connectivity index (χ1n) is 7.09. The van der Waals surface area contributed by atoms with Crippen molar-refractivity contribution in [2.45, 2.75) is 12.7 Å². The normalized spacial score (nSPS) is 11.4. The smallest absolute Gasteiger partial charge is 0.416 e. The summed E-state index contributed by atoms with van der Waals surface area (Å²) in [5.74, 6) is -1.35. The molecule has 25 heavy (non-hydrogen) atoms. The lowest BCUT2D eigenvalue weighted by Gasteiger charge is -2.11. The maximum absolute atomic E-state index is 12.9. The van der Waals surface area contributed by atoms with Gasteiger partial charge in [-0.25, -0.2) is 4.79 Å². The zero-order valence-electron chi connectivity index (χ0n) is 12.6. The summed E-state index contributed by atoms with van der Waals surface area (Å²) in [5.41, 5.74) is -0.397. The maximum Gasteiger partial charge on any atom is 0.416 e. The molecule has 0 aliphatic rings. The Hall–Kier alpha value is -3.34. The van der Waals surface area contributed by atoms with Gasteiger partial charge in [-0.2, -0.15) is 18.4 Å². The second kappa shape index (κ2) is 5.94. The van der Waals surface area contributed by atoms with Crippen LogP contribution in [0.25, 0.3) is 11.0 Å². The van der Waals surface area contributed by atoms with Gasteiger partial charge in [-0.05, 0) is 29.8 Å². The number of carboxylic acid groups (broad SMARTS) is 1. The molecular formula is C17H10F3N3O2. The lowest BCUT2D eigenvalue weighted by Crippen LogP contribution is -2.12. The van der Waals surface area contributed by atoms with Crippen molar-refractivity contribution in [3.8, 4) is 6.07 Å². The van der Waals surface area contributed by atoms with Crippen molar-refractivity contribution in [2.75, 3.05) is 0 Å². The molecule has 0 atom stereocenters. The monoisotopic (exact) mass is 345 g/mol. The topological polar surface area (TPSA) is 78.9 Å². The second-order valence-electron chi connectivity index (χ2n) is 5.30. The van der Waals surface area contributed by atoms with E-state index in [2.05, 4.69) is 4.98 Å². The van der Waals surface area contributed by atoms with Crippen LogP contribution in [0.5, 0.6) is 0 Å². The standard InChI is InChI=1S/C17H10F3N3O2/c18-17(19,20)11-4-1-3-10(7-11)9-23-13-5-2-6-22-14(13)12(8-21)15(23)16(24)25/h1-7H,9H2,(H,24,25). The fraction of sp³-hybridized carbons (Fsp3) is 0.118. The molecule has 0 radical (unpaired) electrons. The van der Waals surface area contributed by atoms with Gasteiger partial charge in [0.25, 0.3) is 0 Å². The van der Waals surface area contributed by atoms with Gasteiger partial charge in [-0.15, -0.1) is 0 Å². The first-order chi connectivity index (χ1) is 11.8. The van der Waals surface area contributed by atoms with E-state index in [1.54, 1.807) is 12.1 Å². The number of nitrogens with zero attached hydrogens (tertiary/aromatic N) is 3. The third-order valence-electron chi connectivity index (χ3n) is 3.73. The van der Waals surface area contributed by atoms with Gasteiger partial charge in [-0.1, -0.05) is 12.1 Å². The van der Waals surface area contributed by atoms with Crippen LogP contribution >= 0.6 is 0 Å². The minimum Gasteiger partial charge on any atom is -0.477 e. The number of carbonyl (C=O) groups is 1. The van der Waals surface area contributed by atoms with E-state index in [4.69, 9.17) is 0 Å². The van der Waals surface area contributed by atoms with Crippen molar-refractivity contribution < 1.29 is 23.1 Å². The third kappa shape index (κ3) is 2.92. The summed E-state index contributed by atoms with van der Waals surface area (Å²) in [6.07, 6.45) is -3.08. The minimum absolute atomic E-state index is 0.116. The number of carboxylic acids is 1. The molecule has 0 saturated carbocycles. The average molecular weight is 345 g/mol. The Balaban J connectivity index is 2.19. The van der Waals surface area contributed by atoms with Gasteiger partial charge in [0.2, 0.25) is 0 Å². The van der Waals surface area contributed by atoms with Crippen molar-refractivity contribution in [3.05, 3.63) is 65.0 Å². The Labute approximate surface area is 139 Å². The van der Waals surface area contributed by atoms with Crippen molar-refractivity contribution in [1.82, 2.24) is 9.55 Å². The number of aromatic nitrogens is 2. The predicted molar refractivity (Wildman–Crippen MR) is 82.0 cm³/mol. The van der Waals surface area contributed by atoms with Gasteiger partial charge < -0.3 is 9.67 Å². The van der Waals surface area contributed by atoms with Crippen LogP contribution in [-0.2, 0) is 12.7 Å². The number of benzene rings is 1. The Morgan fingerprint density at radius 1 is 1.28 bits per heavy atom. The van der Waals surface area contributed by atoms with Crippen LogP contribution in [0, 0.1) is 11.3 Å². The van der Waals surface area contributed by atoms with Gasteiger partial charge in [0.1, 0.15) is 22.8 Å². The lowest BCUT2D eigenvalue weighted by molar-refractivity contribution is -0.137. The van der Waals surface area contributed by atoms with Crippen LogP contribution in [-0.4, -0.2) is 20.6 Å². The quantitative estimate of drug-likeness (QED) is 0.785. The third-order valence-corrected chi connectivity index (χ3v) is 3.73. The Morgan fingerprint density at radius 3 is 2.68 bits per heavy atom. The highest BCUT2D eigenvalue weighted by Crippen LogP contribution is 2.30. The molecule has 1 N–H and O–H groups in total. The molecule has 8 heteroatoms. The van der Waals surface area contributed by atoms with Gasteiger partial charge in [-0.3, -0.25) is 4.98 Å². The van der Waals surface area contributed by atoms with Crippen LogP contribution in [0.4, 0.5) is 13.2 Å². The highest BCUT2D eigenvalue weighted by molar-refractivity contribution is 5.98. The summed E-state index contributed by atoms with van der Waals surface area (Å²) in [4.78, 5) is 15.6. The van der Waals surface area contributed by atoms with E-state index in [1.807, 2.05) is 6.07 Å². The van der Waals surface area contributed by atoms with Gasteiger partial charge in [0.15, 0.2) is 0 Å². The van der Waals surface area contributed by atoms with E-state index in [0.29, 0.717) is 5.52 Å². The summed E-state index contributed by atoms with van der Waals surface area (Å²) in [6.45, 7) is -0.130. The summed E-state index contributed by atoms with van der Waals surface area (Å²) < 4.78 is 39.9. The number of pyridine rings is 1. The number of hydrogen-bond donors (Lipinski definition) is 1. The van der Waals surface area contributed by atoms with Crippen molar-refractivity contribution in [2.24, 2.45) is 0 Å². The molecule has 3 aromatic rings. The van der Waals surface area contributed by atoms with Crippen molar-refractivity contribution in [3.63, 3.8) is 0 Å². The minimum atomic E-state index is -4.50. The van der Waals surface area contributed by atoms with Gasteiger partial charge in [0, 0.05) is 12.7 Å². The first-order valence-corrected chi connectivity index (χ1v) is 7.09. The first kappa shape index (κ1) is 16.5. The number of nitriles is 1. The molecule has 2 heterocycles. The predicted octanol–water partition coefficient (Wildman–Crippen LogP) is 3.67. The summed E-state index contributed by atoms with van der Waals surface area (Å²) in [5, 5.41) is 18.7. The second-order valence-corrected chi connectivity index (χ2v) is 5.30. The average Bonchev–Trinajstić information content (AvgIpc) is 2.88. The zero-order chi connectivity index (χ0) is 18.2. The van der Waals surface area contributed by atoms with E-state index in [9.17, 15) is 28.3 Å². The zero-order valence-corrected chi connectivity index (χ0v) is 12.6. The Bertz CT molecular complexity index is 1020. The van der Waals surface area contributed by atoms with Crippen LogP contribution < -0.4 is 0 Å². The maximum atomic E-state index is 12.9. The van der Waals surface area contributed by atoms with E-state index in [0.717, 1.165) is 12.1 Å². The summed E-state index contributed by atoms with van der Waals surface area (Å²) in [6, 6.07) is 9.58. The molecule has 0 unspecified atom stereocenters. The number of hydrogen-bond acceptors (Lipinski definition) is 3. The molecule has 0 spiro atoms. The summed E-state index contributed by atoms with van der Waals surface area (Å²) >= 11 is 0. The number of fused-ring (bicyclic) bond motifs is 1. The molecule has 5 nitrogen and oxygen atoms in total. The Morgan fingerprint density at radius 2 is 2.04 bits per heavy atom. The van der Waals surface area contributed by atoms with Crippen molar-refractivity contribution in [1.29, 1.82) is 5.26 Å². The Kier molecular flexibility index (Phi) is 3.93. The highest BCUT2D eigenvalue weighted by Gasteiger charge is 2.30. The van der Waals surface area contributed by atoms with E-state index in [1.165, 1.54) is 22.9 Å². The molecule has 0 amide bonds. The largest absolute Gasteiger partial charge is 0.477 e. The van der Waals surface area contributed by atoms with E-state index in [-0.39, 0.29) is 28.9 Å². The summed E-state index contributed by atoms with van der Waals surface area (Å²) in [7, 11) is 0. The van der Waals surface area contributed by atoms with Gasteiger partial charge >= 0.3 is 12.1 Å². The number of halogens is 3. The molecule has 0 aliphatic carbocycles.